The van der Waals surface area contributed by atoms with E-state index in [1.165, 1.54) is 11.3 Å². The van der Waals surface area contributed by atoms with E-state index in [1.54, 1.807) is 6.07 Å². The predicted octanol–water partition coefficient (Wildman–Crippen LogP) is 1.89. The summed E-state index contributed by atoms with van der Waals surface area (Å²) in [6.45, 7) is 0. The molecule has 4 heteroatoms. The molecule has 0 fully saturated rings. The highest BCUT2D eigenvalue weighted by Gasteiger charge is 2.31. The topological polar surface area (TPSA) is 54.4 Å². The minimum Gasteiger partial charge on any atom is -0.481 e. The molecule has 0 bridgehead atoms. The molecule has 1 aliphatic carbocycles. The molecule has 1 aromatic heterocycles. The number of carbonyl (C=O) groups is 2. The monoisotopic (exact) mass is 196 g/mol. The number of Topliss-reactive ketones (excluding diaryl/α,β-unsaturated/α-hetero) is 1. The second kappa shape index (κ2) is 2.96. The molecule has 0 saturated carbocycles. The third kappa shape index (κ3) is 1.37. The van der Waals surface area contributed by atoms with Crippen LogP contribution in [0.2, 0.25) is 0 Å². The van der Waals surface area contributed by atoms with Crippen LogP contribution in [0.1, 0.15) is 34.0 Å². The Morgan fingerprint density at radius 2 is 2.46 bits per heavy atom. The standard InChI is InChI=1S/C9H8O3S/c10-7-3-5(4-8(11)12)9-6(7)1-2-13-9/h1-2,5H,3-4H2,(H,11,12). The van der Waals surface area contributed by atoms with E-state index in [4.69, 9.17) is 5.11 Å². The van der Waals surface area contributed by atoms with Crippen LogP contribution in [-0.2, 0) is 4.79 Å². The molecule has 0 saturated heterocycles. The molecular formula is C9H8O3S. The zero-order valence-corrected chi connectivity index (χ0v) is 7.63. The van der Waals surface area contributed by atoms with Gasteiger partial charge in [0, 0.05) is 22.8 Å². The molecular weight excluding hydrogens is 188 g/mol. The Bertz CT molecular complexity index is 367. The van der Waals surface area contributed by atoms with E-state index in [-0.39, 0.29) is 18.1 Å². The number of ketones is 1. The van der Waals surface area contributed by atoms with Crippen molar-refractivity contribution < 1.29 is 14.7 Å². The number of aliphatic carboxylic acids is 1. The van der Waals surface area contributed by atoms with E-state index in [9.17, 15) is 9.59 Å². The van der Waals surface area contributed by atoms with Gasteiger partial charge in [-0.1, -0.05) is 0 Å². The summed E-state index contributed by atoms with van der Waals surface area (Å²) in [5.41, 5.74) is 0.733. The molecule has 0 amide bonds. The van der Waals surface area contributed by atoms with Crippen LogP contribution in [0.5, 0.6) is 0 Å². The molecule has 0 aromatic carbocycles. The van der Waals surface area contributed by atoms with Crippen LogP contribution < -0.4 is 0 Å². The van der Waals surface area contributed by atoms with Crippen LogP contribution >= 0.6 is 11.3 Å². The number of hydrogen-bond acceptors (Lipinski definition) is 3. The largest absolute Gasteiger partial charge is 0.481 e. The van der Waals surface area contributed by atoms with Gasteiger partial charge in [-0.15, -0.1) is 11.3 Å². The Kier molecular flexibility index (Phi) is 1.92. The lowest BCUT2D eigenvalue weighted by molar-refractivity contribution is -0.137. The lowest BCUT2D eigenvalue weighted by atomic mass is 10.1. The zero-order chi connectivity index (χ0) is 9.42. The van der Waals surface area contributed by atoms with Crippen LogP contribution in [0.15, 0.2) is 11.4 Å². The molecule has 0 aliphatic heterocycles. The summed E-state index contributed by atoms with van der Waals surface area (Å²) < 4.78 is 0. The van der Waals surface area contributed by atoms with Crippen molar-refractivity contribution in [2.24, 2.45) is 0 Å². The third-order valence-corrected chi connectivity index (χ3v) is 3.30. The van der Waals surface area contributed by atoms with Crippen molar-refractivity contribution in [1.29, 1.82) is 0 Å². The van der Waals surface area contributed by atoms with Crippen molar-refractivity contribution in [1.82, 2.24) is 0 Å². The molecule has 1 unspecified atom stereocenters. The predicted molar refractivity (Wildman–Crippen MR) is 48.3 cm³/mol. The molecule has 3 nitrogen and oxygen atoms in total. The number of carbonyl (C=O) groups excluding carboxylic acids is 1. The van der Waals surface area contributed by atoms with Gasteiger partial charge in [0.15, 0.2) is 5.78 Å². The maximum absolute atomic E-state index is 11.3. The summed E-state index contributed by atoms with van der Waals surface area (Å²) in [5, 5.41) is 10.5. The van der Waals surface area contributed by atoms with Gasteiger partial charge >= 0.3 is 5.97 Å². The average molecular weight is 196 g/mol. The Morgan fingerprint density at radius 1 is 1.69 bits per heavy atom. The second-order valence-corrected chi connectivity index (χ2v) is 4.07. The fraction of sp³-hybridized carbons (Fsp3) is 0.333. The zero-order valence-electron chi connectivity index (χ0n) is 6.82. The molecule has 1 atom stereocenters. The molecule has 1 N–H and O–H groups in total. The van der Waals surface area contributed by atoms with E-state index in [0.717, 1.165) is 10.4 Å². The summed E-state index contributed by atoms with van der Waals surface area (Å²) in [7, 11) is 0. The van der Waals surface area contributed by atoms with Crippen molar-refractivity contribution in [3.05, 3.63) is 21.9 Å². The Hall–Kier alpha value is -1.16. The lowest BCUT2D eigenvalue weighted by Gasteiger charge is -2.02. The smallest absolute Gasteiger partial charge is 0.304 e. The maximum Gasteiger partial charge on any atom is 0.304 e. The number of carboxylic acids is 1. The highest BCUT2D eigenvalue weighted by molar-refractivity contribution is 7.10. The fourth-order valence-electron chi connectivity index (χ4n) is 1.67. The van der Waals surface area contributed by atoms with E-state index in [1.807, 2.05) is 5.38 Å². The van der Waals surface area contributed by atoms with Gasteiger partial charge < -0.3 is 5.11 Å². The maximum atomic E-state index is 11.3. The van der Waals surface area contributed by atoms with Crippen LogP contribution in [0.25, 0.3) is 0 Å². The van der Waals surface area contributed by atoms with Gasteiger partial charge in [-0.3, -0.25) is 9.59 Å². The van der Waals surface area contributed by atoms with Gasteiger partial charge in [-0.2, -0.15) is 0 Å². The highest BCUT2D eigenvalue weighted by atomic mass is 32.1. The summed E-state index contributed by atoms with van der Waals surface area (Å²) in [5.74, 6) is -0.832. The van der Waals surface area contributed by atoms with Crippen molar-refractivity contribution in [2.75, 3.05) is 0 Å². The molecule has 0 radical (unpaired) electrons. The number of fused-ring (bicyclic) bond motifs is 1. The number of hydrogen-bond donors (Lipinski definition) is 1. The van der Waals surface area contributed by atoms with Crippen LogP contribution in [0.3, 0.4) is 0 Å². The fourth-order valence-corrected chi connectivity index (χ4v) is 2.69. The normalized spacial score (nSPS) is 20.3. The van der Waals surface area contributed by atoms with Crippen LogP contribution in [-0.4, -0.2) is 16.9 Å². The van der Waals surface area contributed by atoms with Gasteiger partial charge in [0.05, 0.1) is 6.42 Å². The van der Waals surface area contributed by atoms with Crippen molar-refractivity contribution in [3.63, 3.8) is 0 Å². The van der Waals surface area contributed by atoms with Crippen LogP contribution in [0, 0.1) is 0 Å². The van der Waals surface area contributed by atoms with E-state index in [2.05, 4.69) is 0 Å². The van der Waals surface area contributed by atoms with Gasteiger partial charge in [-0.05, 0) is 11.4 Å². The number of rotatable bonds is 2. The third-order valence-electron chi connectivity index (χ3n) is 2.22. The molecule has 1 aliphatic rings. The lowest BCUT2D eigenvalue weighted by Crippen LogP contribution is -2.02. The van der Waals surface area contributed by atoms with Gasteiger partial charge in [0.2, 0.25) is 0 Å². The van der Waals surface area contributed by atoms with E-state index >= 15 is 0 Å². The first kappa shape index (κ1) is 8.44. The number of thiophene rings is 1. The molecule has 1 aromatic rings. The molecule has 13 heavy (non-hydrogen) atoms. The van der Waals surface area contributed by atoms with E-state index in [0.29, 0.717) is 6.42 Å². The molecule has 0 spiro atoms. The Balaban J connectivity index is 2.28. The average Bonchev–Trinajstić information content (AvgIpc) is 2.56. The van der Waals surface area contributed by atoms with Crippen molar-refractivity contribution in [2.45, 2.75) is 18.8 Å². The summed E-state index contributed by atoms with van der Waals surface area (Å²) >= 11 is 1.48. The SMILES string of the molecule is O=C(O)CC1CC(=O)c2ccsc21. The quantitative estimate of drug-likeness (QED) is 0.785. The van der Waals surface area contributed by atoms with Crippen LogP contribution in [0.4, 0.5) is 0 Å². The first-order chi connectivity index (χ1) is 6.18. The molecule has 68 valence electrons. The summed E-state index contributed by atoms with van der Waals surface area (Å²) in [4.78, 5) is 22.8. The van der Waals surface area contributed by atoms with E-state index < -0.39 is 5.97 Å². The Labute approximate surface area is 79.0 Å². The summed E-state index contributed by atoms with van der Waals surface area (Å²) in [6.07, 6.45) is 0.438. The molecule has 2 rings (SSSR count). The summed E-state index contributed by atoms with van der Waals surface area (Å²) in [6, 6.07) is 1.78. The van der Waals surface area contributed by atoms with Gasteiger partial charge in [0.25, 0.3) is 0 Å². The van der Waals surface area contributed by atoms with Gasteiger partial charge in [-0.25, -0.2) is 0 Å². The first-order valence-electron chi connectivity index (χ1n) is 4.01. The molecule has 1 heterocycles. The minimum atomic E-state index is -0.834. The highest BCUT2D eigenvalue weighted by Crippen LogP contribution is 2.38. The minimum absolute atomic E-state index is 0.0687. The number of carboxylic acid groups (broad SMARTS) is 1. The van der Waals surface area contributed by atoms with Gasteiger partial charge in [0.1, 0.15) is 0 Å². The van der Waals surface area contributed by atoms with Crippen molar-refractivity contribution >= 4 is 23.1 Å². The first-order valence-corrected chi connectivity index (χ1v) is 4.89. The Morgan fingerprint density at radius 3 is 3.15 bits per heavy atom. The van der Waals surface area contributed by atoms with Crippen molar-refractivity contribution in [3.8, 4) is 0 Å². The second-order valence-electron chi connectivity index (χ2n) is 3.12.